The van der Waals surface area contributed by atoms with Crippen LogP contribution in [0.3, 0.4) is 0 Å². The molecule has 1 aromatic carbocycles. The van der Waals surface area contributed by atoms with E-state index >= 15 is 0 Å². The Labute approximate surface area is 134 Å². The first-order chi connectivity index (χ1) is 8.47. The van der Waals surface area contributed by atoms with Crippen LogP contribution in [0.15, 0.2) is 25.6 Å². The maximum Gasteiger partial charge on any atom is 0.0632 e. The average molecular weight is 440 g/mol. The topological polar surface area (TPSA) is 12.0 Å². The van der Waals surface area contributed by atoms with Gasteiger partial charge in [-0.05, 0) is 68.7 Å². The summed E-state index contributed by atoms with van der Waals surface area (Å²) in [7, 11) is 0. The molecule has 1 aliphatic rings. The summed E-state index contributed by atoms with van der Waals surface area (Å²) in [6, 6.07) is 4.75. The first kappa shape index (κ1) is 14.9. The van der Waals surface area contributed by atoms with Crippen LogP contribution in [0.5, 0.6) is 0 Å². The van der Waals surface area contributed by atoms with E-state index < -0.39 is 0 Å². The molecule has 1 aliphatic carbocycles. The van der Waals surface area contributed by atoms with Gasteiger partial charge in [0.25, 0.3) is 0 Å². The molecule has 18 heavy (non-hydrogen) atoms. The minimum Gasteiger partial charge on any atom is -0.380 e. The van der Waals surface area contributed by atoms with Crippen LogP contribution in [0.1, 0.15) is 33.1 Å². The second-order valence-corrected chi connectivity index (χ2v) is 8.02. The Kier molecular flexibility index (Phi) is 5.18. The number of anilines is 1. The quantitative estimate of drug-likeness (QED) is 0.577. The zero-order valence-electron chi connectivity index (χ0n) is 10.6. The van der Waals surface area contributed by atoms with Crippen LogP contribution in [-0.2, 0) is 0 Å². The Morgan fingerprint density at radius 2 is 1.67 bits per heavy atom. The lowest BCUT2D eigenvalue weighted by Crippen LogP contribution is -2.33. The second-order valence-electron chi connectivity index (χ2n) is 5.39. The van der Waals surface area contributed by atoms with Crippen LogP contribution in [0.25, 0.3) is 0 Å². The highest BCUT2D eigenvalue weighted by Gasteiger charge is 2.26. The van der Waals surface area contributed by atoms with E-state index in [4.69, 9.17) is 0 Å². The lowest BCUT2D eigenvalue weighted by Gasteiger charge is -2.34. The molecule has 0 saturated heterocycles. The summed E-state index contributed by atoms with van der Waals surface area (Å²) < 4.78 is 3.29. The van der Waals surface area contributed by atoms with E-state index in [1.165, 1.54) is 24.9 Å². The third-order valence-electron chi connectivity index (χ3n) is 3.79. The molecule has 2 rings (SSSR count). The third kappa shape index (κ3) is 3.51. The summed E-state index contributed by atoms with van der Waals surface area (Å²) in [6.07, 6.45) is 3.95. The maximum absolute atomic E-state index is 3.71. The fourth-order valence-electron chi connectivity index (χ4n) is 2.60. The van der Waals surface area contributed by atoms with Crippen LogP contribution < -0.4 is 5.32 Å². The molecule has 1 nitrogen and oxygen atoms in total. The van der Waals surface area contributed by atoms with Gasteiger partial charge in [-0.2, -0.15) is 0 Å². The molecule has 1 saturated carbocycles. The van der Waals surface area contributed by atoms with Gasteiger partial charge < -0.3 is 5.32 Å². The molecule has 1 aromatic rings. The zero-order chi connectivity index (χ0) is 13.3. The van der Waals surface area contributed by atoms with Crippen LogP contribution in [-0.4, -0.2) is 6.04 Å². The van der Waals surface area contributed by atoms with Gasteiger partial charge in [-0.25, -0.2) is 0 Å². The fraction of sp³-hybridized carbons (Fsp3) is 0.571. The summed E-state index contributed by atoms with van der Waals surface area (Å²) in [6.45, 7) is 4.70. The summed E-state index contributed by atoms with van der Waals surface area (Å²) in [5.74, 6) is 1.57. The van der Waals surface area contributed by atoms with Crippen LogP contribution in [0, 0.1) is 11.8 Å². The number of benzene rings is 1. The Balaban J connectivity index is 2.18. The molecule has 0 spiro atoms. The Morgan fingerprint density at radius 1 is 1.06 bits per heavy atom. The van der Waals surface area contributed by atoms with Crippen molar-refractivity contribution in [2.45, 2.75) is 39.2 Å². The summed E-state index contributed by atoms with van der Waals surface area (Å²) >= 11 is 10.8. The van der Waals surface area contributed by atoms with E-state index in [1.54, 1.807) is 0 Å². The molecule has 4 heteroatoms. The van der Waals surface area contributed by atoms with E-state index in [0.29, 0.717) is 6.04 Å². The average Bonchev–Trinajstić information content (AvgIpc) is 2.28. The van der Waals surface area contributed by atoms with Gasteiger partial charge in [-0.3, -0.25) is 0 Å². The van der Waals surface area contributed by atoms with E-state index in [2.05, 4.69) is 79.1 Å². The van der Waals surface area contributed by atoms with Crippen molar-refractivity contribution in [3.05, 3.63) is 25.6 Å². The standard InChI is InChI=1S/C14H18Br3N/c1-8-3-4-9(2)13(5-8)18-14-11(16)6-10(15)7-12(14)17/h6-9,13,18H,3-5H2,1-2H3. The van der Waals surface area contributed by atoms with E-state index in [9.17, 15) is 0 Å². The normalized spacial score (nSPS) is 28.2. The third-order valence-corrected chi connectivity index (χ3v) is 5.50. The number of nitrogens with one attached hydrogen (secondary N) is 1. The van der Waals surface area contributed by atoms with Crippen LogP contribution >= 0.6 is 47.8 Å². The molecular weight excluding hydrogens is 422 g/mol. The van der Waals surface area contributed by atoms with Crippen LogP contribution in [0.4, 0.5) is 5.69 Å². The molecule has 100 valence electrons. The summed E-state index contributed by atoms with van der Waals surface area (Å²) in [4.78, 5) is 0. The molecule has 0 heterocycles. The molecule has 0 aliphatic heterocycles. The molecule has 3 unspecified atom stereocenters. The van der Waals surface area contributed by atoms with Crippen molar-refractivity contribution in [2.75, 3.05) is 5.32 Å². The highest BCUT2D eigenvalue weighted by Crippen LogP contribution is 2.38. The Morgan fingerprint density at radius 3 is 2.28 bits per heavy atom. The first-order valence-electron chi connectivity index (χ1n) is 6.38. The lowest BCUT2D eigenvalue weighted by molar-refractivity contribution is 0.280. The number of hydrogen-bond donors (Lipinski definition) is 1. The molecule has 3 atom stereocenters. The SMILES string of the molecule is CC1CCC(C)C(Nc2c(Br)cc(Br)cc2Br)C1. The number of halogens is 3. The fourth-order valence-corrected chi connectivity index (χ4v) is 5.09. The number of rotatable bonds is 2. The first-order valence-corrected chi connectivity index (χ1v) is 8.76. The lowest BCUT2D eigenvalue weighted by atomic mass is 9.80. The van der Waals surface area contributed by atoms with Gasteiger partial charge in [0.05, 0.1) is 5.69 Å². The van der Waals surface area contributed by atoms with Gasteiger partial charge in [0.2, 0.25) is 0 Å². The smallest absolute Gasteiger partial charge is 0.0632 e. The molecular formula is C14H18Br3N. The van der Waals surface area contributed by atoms with Gasteiger partial charge in [0.15, 0.2) is 0 Å². The molecule has 0 amide bonds. The largest absolute Gasteiger partial charge is 0.380 e. The van der Waals surface area contributed by atoms with Crippen molar-refractivity contribution < 1.29 is 0 Å². The van der Waals surface area contributed by atoms with Crippen molar-refractivity contribution in [2.24, 2.45) is 11.8 Å². The van der Waals surface area contributed by atoms with Crippen molar-refractivity contribution >= 4 is 53.5 Å². The molecule has 1 N–H and O–H groups in total. The van der Waals surface area contributed by atoms with Crippen molar-refractivity contribution in [1.29, 1.82) is 0 Å². The predicted molar refractivity (Wildman–Crippen MR) is 89.1 cm³/mol. The Hall–Kier alpha value is 0.460. The number of hydrogen-bond acceptors (Lipinski definition) is 1. The van der Waals surface area contributed by atoms with Gasteiger partial charge in [0.1, 0.15) is 0 Å². The maximum atomic E-state index is 3.71. The summed E-state index contributed by atoms with van der Waals surface area (Å²) in [5, 5.41) is 3.71. The van der Waals surface area contributed by atoms with Gasteiger partial charge in [-0.15, -0.1) is 0 Å². The molecule has 0 radical (unpaired) electrons. The highest BCUT2D eigenvalue weighted by molar-refractivity contribution is 9.11. The summed E-state index contributed by atoms with van der Waals surface area (Å²) in [5.41, 5.74) is 1.17. The zero-order valence-corrected chi connectivity index (χ0v) is 15.4. The van der Waals surface area contributed by atoms with E-state index in [-0.39, 0.29) is 0 Å². The van der Waals surface area contributed by atoms with Crippen molar-refractivity contribution in [3.63, 3.8) is 0 Å². The predicted octanol–water partition coefficient (Wildman–Crippen LogP) is 6.21. The van der Waals surface area contributed by atoms with Crippen molar-refractivity contribution in [1.82, 2.24) is 0 Å². The van der Waals surface area contributed by atoms with Crippen molar-refractivity contribution in [3.8, 4) is 0 Å². The molecule has 1 fully saturated rings. The monoisotopic (exact) mass is 437 g/mol. The van der Waals surface area contributed by atoms with Crippen LogP contribution in [0.2, 0.25) is 0 Å². The van der Waals surface area contributed by atoms with E-state index in [0.717, 1.165) is 25.3 Å². The molecule has 0 aromatic heterocycles. The second kappa shape index (κ2) is 6.27. The minimum atomic E-state index is 0.572. The molecule has 0 bridgehead atoms. The van der Waals surface area contributed by atoms with Gasteiger partial charge in [-0.1, -0.05) is 36.2 Å². The highest BCUT2D eigenvalue weighted by atomic mass is 79.9. The minimum absolute atomic E-state index is 0.572. The van der Waals surface area contributed by atoms with E-state index in [1.807, 2.05) is 0 Å². The van der Waals surface area contributed by atoms with Gasteiger partial charge in [0, 0.05) is 19.5 Å². The van der Waals surface area contributed by atoms with Gasteiger partial charge >= 0.3 is 0 Å². The Bertz CT molecular complexity index is 410.